The number of nitrogens with two attached hydrogens (primary N) is 2. The number of anilines is 1. The highest BCUT2D eigenvalue weighted by Gasteiger charge is 2.35. The number of carbonyl (C=O) groups excluding carboxylic acids is 1. The predicted octanol–water partition coefficient (Wildman–Crippen LogP) is 7.30. The fourth-order valence-electron chi connectivity index (χ4n) is 6.10. The first-order chi connectivity index (χ1) is 23.9. The average molecular weight is 700 g/mol. The fraction of sp³-hybridized carbons (Fsp3) is 0.667. The summed E-state index contributed by atoms with van der Waals surface area (Å²) in [5.41, 5.74) is 14.0. The van der Waals surface area contributed by atoms with Crippen LogP contribution in [0.5, 0.6) is 5.75 Å². The van der Waals surface area contributed by atoms with Crippen LogP contribution in [0.2, 0.25) is 0 Å². The Kier molecular flexibility index (Phi) is 16.8. The molecule has 1 aliphatic rings. The van der Waals surface area contributed by atoms with Crippen LogP contribution in [0.15, 0.2) is 36.9 Å². The van der Waals surface area contributed by atoms with Crippen LogP contribution in [-0.2, 0) is 31.6 Å². The zero-order valence-electron chi connectivity index (χ0n) is 29.4. The smallest absolute Gasteiger partial charge is 0.404 e. The van der Waals surface area contributed by atoms with Crippen molar-refractivity contribution in [2.45, 2.75) is 135 Å². The maximum Gasteiger partial charge on any atom is 0.404 e. The monoisotopic (exact) mass is 699 g/mol. The summed E-state index contributed by atoms with van der Waals surface area (Å²) in [5.74, 6) is 0.551. The van der Waals surface area contributed by atoms with Gasteiger partial charge in [-0.3, -0.25) is 9.32 Å². The third kappa shape index (κ3) is 13.6. The van der Waals surface area contributed by atoms with E-state index in [9.17, 15) is 9.36 Å². The molecule has 0 aliphatic carbocycles. The molecule has 3 aromatic rings. The Morgan fingerprint density at radius 2 is 1.55 bits per heavy atom. The molecule has 5 N–H and O–H groups in total. The number of ether oxygens (including phenoxy) is 1. The van der Waals surface area contributed by atoms with Gasteiger partial charge in [0.2, 0.25) is 5.91 Å². The Balaban J connectivity index is 1.01. The molecule has 1 aromatic carbocycles. The van der Waals surface area contributed by atoms with E-state index in [4.69, 9.17) is 25.3 Å². The van der Waals surface area contributed by atoms with Gasteiger partial charge in [-0.05, 0) is 30.5 Å². The molecule has 49 heavy (non-hydrogen) atoms. The third-order valence-corrected chi connectivity index (χ3v) is 10.5. The van der Waals surface area contributed by atoms with Crippen LogP contribution in [0, 0.1) is 0 Å². The molecule has 1 amide bonds. The summed E-state index contributed by atoms with van der Waals surface area (Å²) in [6.45, 7) is 3.40. The maximum atomic E-state index is 13.2. The lowest BCUT2D eigenvalue weighted by atomic mass is 10.0. The van der Waals surface area contributed by atoms with Gasteiger partial charge in [-0.2, -0.15) is 0 Å². The van der Waals surface area contributed by atoms with Crippen LogP contribution in [0.3, 0.4) is 0 Å². The maximum absolute atomic E-state index is 13.2. The van der Waals surface area contributed by atoms with Crippen LogP contribution in [0.25, 0.3) is 11.2 Å². The number of carbonyl (C=O) groups is 1. The number of nitrogens with one attached hydrogen (secondary N) is 1. The summed E-state index contributed by atoms with van der Waals surface area (Å²) < 4.78 is 32.1. The molecule has 3 heterocycles. The lowest BCUT2D eigenvalue weighted by Gasteiger charge is -2.29. The van der Waals surface area contributed by atoms with Crippen molar-refractivity contribution < 1.29 is 23.1 Å². The molecule has 1 unspecified atom stereocenters. The molecule has 0 saturated carbocycles. The lowest BCUT2D eigenvalue weighted by molar-refractivity contribution is -0.122. The molecule has 3 atom stereocenters. The summed E-state index contributed by atoms with van der Waals surface area (Å²) in [7, 11) is -3.50. The largest absolute Gasteiger partial charge is 0.423 e. The fourth-order valence-corrected chi connectivity index (χ4v) is 7.51. The van der Waals surface area contributed by atoms with E-state index >= 15 is 0 Å². The number of hydrogen-bond donors (Lipinski definition) is 3. The second-order valence-electron chi connectivity index (χ2n) is 13.3. The van der Waals surface area contributed by atoms with Gasteiger partial charge in [0, 0.05) is 6.54 Å². The number of benzene rings is 1. The number of hydrogen-bond acceptors (Lipinski definition) is 10. The van der Waals surface area contributed by atoms with Crippen LogP contribution in [0.4, 0.5) is 5.82 Å². The Labute approximate surface area is 292 Å². The van der Waals surface area contributed by atoms with Crippen LogP contribution in [0.1, 0.15) is 115 Å². The van der Waals surface area contributed by atoms with Gasteiger partial charge in [-0.25, -0.2) is 19.5 Å². The Morgan fingerprint density at radius 3 is 2.14 bits per heavy atom. The predicted molar refractivity (Wildman–Crippen MR) is 194 cm³/mol. The number of aromatic nitrogens is 4. The normalized spacial score (nSPS) is 18.4. The van der Waals surface area contributed by atoms with Crippen molar-refractivity contribution >= 4 is 30.5 Å². The molecule has 0 bridgehead atoms. The van der Waals surface area contributed by atoms with Crippen LogP contribution < -0.4 is 21.3 Å². The van der Waals surface area contributed by atoms with E-state index in [-0.39, 0.29) is 25.0 Å². The molecule has 0 spiro atoms. The number of unbranched alkanes of at least 4 members (excludes halogenated alkanes) is 15. The quantitative estimate of drug-likeness (QED) is 0.0637. The molecule has 2 aromatic heterocycles. The molecule has 272 valence electrons. The summed E-state index contributed by atoms with van der Waals surface area (Å²) in [6.07, 6.45) is 24.0. The van der Waals surface area contributed by atoms with Gasteiger partial charge in [0.1, 0.15) is 23.7 Å². The summed E-state index contributed by atoms with van der Waals surface area (Å²) in [4.78, 5) is 25.0. The highest BCUT2D eigenvalue weighted by Crippen LogP contribution is 2.51. The first-order valence-corrected chi connectivity index (χ1v) is 20.2. The first-order valence-electron chi connectivity index (χ1n) is 18.4. The Bertz CT molecular complexity index is 1420. The van der Waals surface area contributed by atoms with Gasteiger partial charge >= 0.3 is 7.60 Å². The molecule has 1 aliphatic heterocycles. The molecule has 13 heteroatoms. The topological polar surface area (TPSA) is 169 Å². The van der Waals surface area contributed by atoms with Gasteiger partial charge in [0.25, 0.3) is 0 Å². The van der Waals surface area contributed by atoms with E-state index in [2.05, 4.69) is 27.2 Å². The zero-order chi connectivity index (χ0) is 34.7. The van der Waals surface area contributed by atoms with E-state index < -0.39 is 13.6 Å². The van der Waals surface area contributed by atoms with E-state index in [0.717, 1.165) is 18.4 Å². The third-order valence-electron chi connectivity index (χ3n) is 9.05. The molecule has 12 nitrogen and oxygen atoms in total. The SMILES string of the molecule is CCCCCCCCCCCCCCCCCCNC(=O)[C@@H](N)Cc1ccc(OP2(=O)CO[C@@H](Cn3cnc4c(N)ncnc43)CO2)cc1. The number of imidazole rings is 1. The first kappa shape index (κ1) is 38.7. The van der Waals surface area contributed by atoms with Crippen molar-refractivity contribution in [3.8, 4) is 5.75 Å². The van der Waals surface area contributed by atoms with E-state index in [1.54, 1.807) is 23.0 Å². The van der Waals surface area contributed by atoms with Crippen molar-refractivity contribution in [1.82, 2.24) is 24.8 Å². The lowest BCUT2D eigenvalue weighted by Crippen LogP contribution is -2.42. The van der Waals surface area contributed by atoms with Crippen molar-refractivity contribution in [3.63, 3.8) is 0 Å². The number of nitrogen functional groups attached to an aromatic ring is 1. The van der Waals surface area contributed by atoms with Crippen molar-refractivity contribution in [3.05, 3.63) is 42.5 Å². The summed E-state index contributed by atoms with van der Waals surface area (Å²) in [5, 5.41) is 2.98. The Hall–Kier alpha value is -3.05. The standard InChI is InChI=1S/C36H58N7O5P/c1-2-3-4-5-6-7-8-9-10-11-12-13-14-15-16-17-22-39-36(44)32(37)23-29-18-20-30(21-19-29)48-49(45)28-46-31(25-47-49)24-43-27-42-33-34(38)40-26-41-35(33)43/h18-21,26-27,31-32H,2-17,22-25,28,37H2,1H3,(H,39,44)(H2,38,40,41)/t31-,32-,49?/m0/s1. The van der Waals surface area contributed by atoms with Gasteiger partial charge in [-0.1, -0.05) is 115 Å². The summed E-state index contributed by atoms with van der Waals surface area (Å²) >= 11 is 0. The number of nitrogens with zero attached hydrogens (tertiary/aromatic N) is 4. The highest BCUT2D eigenvalue weighted by molar-refractivity contribution is 7.54. The zero-order valence-corrected chi connectivity index (χ0v) is 30.3. The van der Waals surface area contributed by atoms with Crippen molar-refractivity contribution in [2.75, 3.05) is 25.2 Å². The van der Waals surface area contributed by atoms with Crippen molar-refractivity contribution in [1.29, 1.82) is 0 Å². The number of fused-ring (bicyclic) bond motifs is 1. The molecule has 0 radical (unpaired) electrons. The summed E-state index contributed by atoms with van der Waals surface area (Å²) in [6, 6.07) is 6.39. The second-order valence-corrected chi connectivity index (χ2v) is 15.2. The van der Waals surface area contributed by atoms with E-state index in [1.807, 2.05) is 12.1 Å². The minimum absolute atomic E-state index is 0.0823. The number of amides is 1. The highest BCUT2D eigenvalue weighted by atomic mass is 31.2. The van der Waals surface area contributed by atoms with E-state index in [0.29, 0.717) is 42.2 Å². The molecular weight excluding hydrogens is 641 g/mol. The average Bonchev–Trinajstić information content (AvgIpc) is 3.51. The molecule has 1 saturated heterocycles. The van der Waals surface area contributed by atoms with Crippen molar-refractivity contribution in [2.24, 2.45) is 5.73 Å². The minimum Gasteiger partial charge on any atom is -0.423 e. The van der Waals surface area contributed by atoms with Gasteiger partial charge in [-0.15, -0.1) is 0 Å². The van der Waals surface area contributed by atoms with Gasteiger partial charge in [0.15, 0.2) is 17.8 Å². The molecular formula is C36H58N7O5P. The van der Waals surface area contributed by atoms with E-state index in [1.165, 1.54) is 96.2 Å². The minimum atomic E-state index is -3.50. The Morgan fingerprint density at radius 1 is 0.939 bits per heavy atom. The number of rotatable bonds is 24. The van der Waals surface area contributed by atoms with Gasteiger partial charge in [0.05, 0.1) is 25.5 Å². The second kappa shape index (κ2) is 21.2. The van der Waals surface area contributed by atoms with Crippen LogP contribution >= 0.6 is 7.60 Å². The van der Waals surface area contributed by atoms with Crippen LogP contribution in [-0.4, -0.2) is 57.1 Å². The van der Waals surface area contributed by atoms with Gasteiger partial charge < -0.3 is 30.6 Å². The molecule has 4 rings (SSSR count). The molecule has 1 fully saturated rings.